The Morgan fingerprint density at radius 2 is 2.04 bits per heavy atom. The lowest BCUT2D eigenvalue weighted by atomic mass is 10.2. The predicted molar refractivity (Wildman–Crippen MR) is 96.4 cm³/mol. The van der Waals surface area contributed by atoms with E-state index < -0.39 is 0 Å². The van der Waals surface area contributed by atoms with Crippen molar-refractivity contribution in [2.45, 2.75) is 19.5 Å². The molecule has 0 bridgehead atoms. The Morgan fingerprint density at radius 1 is 1.12 bits per heavy atom. The number of aromatic nitrogens is 5. The summed E-state index contributed by atoms with van der Waals surface area (Å²) in [6, 6.07) is 9.30. The molecule has 4 aromatic rings. The minimum absolute atomic E-state index is 0.0866. The van der Waals surface area contributed by atoms with Crippen LogP contribution in [0.25, 0.3) is 16.6 Å². The molecule has 0 radical (unpaired) electrons. The van der Waals surface area contributed by atoms with E-state index in [9.17, 15) is 5.11 Å². The minimum atomic E-state index is 0.0866. The van der Waals surface area contributed by atoms with Gasteiger partial charge in [-0.1, -0.05) is 12.1 Å². The summed E-state index contributed by atoms with van der Waals surface area (Å²) < 4.78 is 1.54. The van der Waals surface area contributed by atoms with E-state index >= 15 is 0 Å². The molecule has 26 heavy (non-hydrogen) atoms. The maximum atomic E-state index is 10.0. The van der Waals surface area contributed by atoms with Gasteiger partial charge in [0.05, 0.1) is 5.69 Å². The summed E-state index contributed by atoms with van der Waals surface area (Å²) in [6.07, 6.45) is 2.54. The SMILES string of the molecule is Nc1nc2c(O)cccc2c2nc(CCN3Cc4cccnc4C3)nn12. The van der Waals surface area contributed by atoms with E-state index in [1.807, 2.05) is 18.3 Å². The summed E-state index contributed by atoms with van der Waals surface area (Å²) in [4.78, 5) is 15.6. The monoisotopic (exact) mass is 347 g/mol. The van der Waals surface area contributed by atoms with Gasteiger partial charge >= 0.3 is 0 Å². The summed E-state index contributed by atoms with van der Waals surface area (Å²) >= 11 is 0. The van der Waals surface area contributed by atoms with Crippen LogP contribution in [0.1, 0.15) is 17.1 Å². The highest BCUT2D eigenvalue weighted by molar-refractivity contribution is 5.95. The van der Waals surface area contributed by atoms with Crippen LogP contribution in [-0.4, -0.2) is 41.1 Å². The molecular formula is C18H17N7O. The molecule has 130 valence electrons. The van der Waals surface area contributed by atoms with Crippen molar-refractivity contribution in [3.05, 3.63) is 53.6 Å². The van der Waals surface area contributed by atoms with E-state index in [0.29, 0.717) is 23.4 Å². The number of aromatic hydroxyl groups is 1. The first-order chi connectivity index (χ1) is 12.7. The number of hydrogen-bond donors (Lipinski definition) is 2. The number of pyridine rings is 1. The van der Waals surface area contributed by atoms with Crippen molar-refractivity contribution in [1.82, 2.24) is 29.5 Å². The number of fused-ring (bicyclic) bond motifs is 4. The molecule has 0 spiro atoms. The Bertz CT molecular complexity index is 1110. The number of benzene rings is 1. The van der Waals surface area contributed by atoms with Crippen molar-refractivity contribution in [1.29, 1.82) is 0 Å². The highest BCUT2D eigenvalue weighted by Gasteiger charge is 2.20. The molecule has 8 nitrogen and oxygen atoms in total. The molecule has 1 aromatic carbocycles. The first-order valence-corrected chi connectivity index (χ1v) is 8.47. The van der Waals surface area contributed by atoms with Crippen molar-refractivity contribution < 1.29 is 5.11 Å². The molecule has 0 atom stereocenters. The fraction of sp³-hybridized carbons (Fsp3) is 0.222. The Balaban J connectivity index is 1.43. The van der Waals surface area contributed by atoms with Gasteiger partial charge in [-0.3, -0.25) is 9.88 Å². The maximum absolute atomic E-state index is 10.0. The van der Waals surface area contributed by atoms with Gasteiger partial charge in [-0.25, -0.2) is 9.97 Å². The normalized spacial score (nSPS) is 14.3. The molecule has 3 aromatic heterocycles. The van der Waals surface area contributed by atoms with Gasteiger partial charge in [-0.15, -0.1) is 5.10 Å². The standard InChI is InChI=1S/C18H17N7O/c19-18-22-16-12(4-1-5-14(16)26)17-21-15(23-25(17)18)6-8-24-9-11-3-2-7-20-13(11)10-24/h1-5,7,26H,6,8-10H2,(H2,19,22). The summed E-state index contributed by atoms with van der Waals surface area (Å²) in [7, 11) is 0. The second-order valence-corrected chi connectivity index (χ2v) is 6.48. The lowest BCUT2D eigenvalue weighted by Crippen LogP contribution is -2.20. The summed E-state index contributed by atoms with van der Waals surface area (Å²) in [5, 5.41) is 15.2. The first-order valence-electron chi connectivity index (χ1n) is 8.47. The van der Waals surface area contributed by atoms with Crippen LogP contribution >= 0.6 is 0 Å². The van der Waals surface area contributed by atoms with Crippen LogP contribution < -0.4 is 5.73 Å². The van der Waals surface area contributed by atoms with Gasteiger partial charge < -0.3 is 10.8 Å². The number of hydrogen-bond acceptors (Lipinski definition) is 7. The predicted octanol–water partition coefficient (Wildman–Crippen LogP) is 1.52. The molecular weight excluding hydrogens is 330 g/mol. The highest BCUT2D eigenvalue weighted by atomic mass is 16.3. The lowest BCUT2D eigenvalue weighted by molar-refractivity contribution is 0.284. The van der Waals surface area contributed by atoms with E-state index in [4.69, 9.17) is 5.73 Å². The Kier molecular flexibility index (Phi) is 3.26. The molecule has 5 rings (SSSR count). The topological polar surface area (TPSA) is 105 Å². The Labute approximate surface area is 148 Å². The van der Waals surface area contributed by atoms with Crippen LogP contribution in [0.4, 0.5) is 5.95 Å². The van der Waals surface area contributed by atoms with E-state index in [1.54, 1.807) is 12.1 Å². The van der Waals surface area contributed by atoms with Crippen molar-refractivity contribution >= 4 is 22.5 Å². The molecule has 3 N–H and O–H groups in total. The van der Waals surface area contributed by atoms with Crippen LogP contribution in [-0.2, 0) is 19.5 Å². The van der Waals surface area contributed by atoms with Crippen molar-refractivity contribution in [2.24, 2.45) is 0 Å². The number of para-hydroxylation sites is 1. The van der Waals surface area contributed by atoms with E-state index in [-0.39, 0.29) is 11.7 Å². The third kappa shape index (κ3) is 2.34. The average Bonchev–Trinajstić information content (AvgIpc) is 3.25. The maximum Gasteiger partial charge on any atom is 0.223 e. The van der Waals surface area contributed by atoms with Crippen molar-refractivity contribution in [3.8, 4) is 5.75 Å². The van der Waals surface area contributed by atoms with Crippen molar-refractivity contribution in [3.63, 3.8) is 0 Å². The Morgan fingerprint density at radius 3 is 2.92 bits per heavy atom. The lowest BCUT2D eigenvalue weighted by Gasteiger charge is -2.12. The number of anilines is 1. The minimum Gasteiger partial charge on any atom is -0.506 e. The zero-order valence-corrected chi connectivity index (χ0v) is 14.0. The average molecular weight is 347 g/mol. The van der Waals surface area contributed by atoms with Gasteiger partial charge in [0.25, 0.3) is 0 Å². The molecule has 0 saturated heterocycles. The quantitative estimate of drug-likeness (QED) is 0.579. The number of nitrogens with two attached hydrogens (primary N) is 1. The molecule has 1 aliphatic rings. The molecule has 1 aliphatic heterocycles. The summed E-state index contributed by atoms with van der Waals surface area (Å²) in [6.45, 7) is 2.59. The number of phenolic OH excluding ortho intramolecular Hbond substituents is 1. The molecule has 0 amide bonds. The first kappa shape index (κ1) is 15.0. The largest absolute Gasteiger partial charge is 0.506 e. The molecule has 4 heterocycles. The van der Waals surface area contributed by atoms with Crippen LogP contribution in [0.2, 0.25) is 0 Å². The van der Waals surface area contributed by atoms with Gasteiger partial charge in [-0.05, 0) is 23.8 Å². The highest BCUT2D eigenvalue weighted by Crippen LogP contribution is 2.26. The fourth-order valence-corrected chi connectivity index (χ4v) is 3.47. The number of phenols is 1. The zero-order valence-electron chi connectivity index (χ0n) is 14.0. The smallest absolute Gasteiger partial charge is 0.223 e. The van der Waals surface area contributed by atoms with Crippen molar-refractivity contribution in [2.75, 3.05) is 12.3 Å². The molecule has 0 unspecified atom stereocenters. The fourth-order valence-electron chi connectivity index (χ4n) is 3.47. The second kappa shape index (κ2) is 5.63. The third-order valence-corrected chi connectivity index (χ3v) is 4.75. The van der Waals surface area contributed by atoms with Gasteiger partial charge in [0.15, 0.2) is 11.5 Å². The van der Waals surface area contributed by atoms with Gasteiger partial charge in [0, 0.05) is 37.6 Å². The Hall–Kier alpha value is -3.26. The summed E-state index contributed by atoms with van der Waals surface area (Å²) in [5.41, 5.74) is 9.48. The van der Waals surface area contributed by atoms with Crippen LogP contribution in [0.3, 0.4) is 0 Å². The van der Waals surface area contributed by atoms with E-state index in [0.717, 1.165) is 30.7 Å². The third-order valence-electron chi connectivity index (χ3n) is 4.75. The van der Waals surface area contributed by atoms with E-state index in [2.05, 4.69) is 31.0 Å². The van der Waals surface area contributed by atoms with Crippen LogP contribution in [0.5, 0.6) is 5.75 Å². The second-order valence-electron chi connectivity index (χ2n) is 6.48. The summed E-state index contributed by atoms with van der Waals surface area (Å²) in [5.74, 6) is 1.01. The van der Waals surface area contributed by atoms with Crippen LogP contribution in [0.15, 0.2) is 36.5 Å². The van der Waals surface area contributed by atoms with Crippen LogP contribution in [0, 0.1) is 0 Å². The molecule has 0 aliphatic carbocycles. The molecule has 0 saturated carbocycles. The zero-order chi connectivity index (χ0) is 17.7. The number of nitrogens with zero attached hydrogens (tertiary/aromatic N) is 6. The van der Waals surface area contributed by atoms with E-state index in [1.165, 1.54) is 10.1 Å². The number of rotatable bonds is 3. The van der Waals surface area contributed by atoms with Gasteiger partial charge in [0.1, 0.15) is 11.3 Å². The molecule has 0 fully saturated rings. The van der Waals surface area contributed by atoms with Gasteiger partial charge in [-0.2, -0.15) is 4.52 Å². The van der Waals surface area contributed by atoms with Gasteiger partial charge in [0.2, 0.25) is 5.95 Å². The molecule has 8 heteroatoms. The number of nitrogen functional groups attached to an aromatic ring is 1.